The molecule has 0 saturated carbocycles. The quantitative estimate of drug-likeness (QED) is 0.809. The minimum absolute atomic E-state index is 0.0839. The SMILES string of the molecule is c1ccc(C2OCN3CCc4cc5c(cc4C23)OCO5)cc1. The third kappa shape index (κ3) is 1.77. The van der Waals surface area contributed by atoms with E-state index in [1.54, 1.807) is 0 Å². The van der Waals surface area contributed by atoms with Gasteiger partial charge in [0.1, 0.15) is 12.8 Å². The van der Waals surface area contributed by atoms with Crippen molar-refractivity contribution in [3.05, 3.63) is 59.2 Å². The van der Waals surface area contributed by atoms with Crippen molar-refractivity contribution in [3.63, 3.8) is 0 Å². The van der Waals surface area contributed by atoms with Crippen LogP contribution in [-0.2, 0) is 11.2 Å². The second-order valence-electron chi connectivity index (χ2n) is 6.04. The van der Waals surface area contributed by atoms with Gasteiger partial charge in [0.05, 0.1) is 6.04 Å². The van der Waals surface area contributed by atoms with Gasteiger partial charge in [-0.2, -0.15) is 0 Å². The zero-order chi connectivity index (χ0) is 14.5. The summed E-state index contributed by atoms with van der Waals surface area (Å²) in [6.45, 7) is 2.05. The number of ether oxygens (including phenoxy) is 3. The fraction of sp³-hybridized carbons (Fsp3) is 0.333. The highest BCUT2D eigenvalue weighted by atomic mass is 16.7. The van der Waals surface area contributed by atoms with Crippen molar-refractivity contribution >= 4 is 0 Å². The second-order valence-corrected chi connectivity index (χ2v) is 6.04. The minimum Gasteiger partial charge on any atom is -0.454 e. The van der Waals surface area contributed by atoms with Crippen molar-refractivity contribution in [2.45, 2.75) is 18.6 Å². The molecule has 4 heteroatoms. The van der Waals surface area contributed by atoms with E-state index < -0.39 is 0 Å². The van der Waals surface area contributed by atoms with E-state index in [2.05, 4.69) is 41.3 Å². The molecule has 1 fully saturated rings. The summed E-state index contributed by atoms with van der Waals surface area (Å²) in [7, 11) is 0. The molecule has 0 aromatic heterocycles. The van der Waals surface area contributed by atoms with E-state index in [1.807, 2.05) is 6.07 Å². The monoisotopic (exact) mass is 295 g/mol. The predicted octanol–water partition coefficient (Wildman–Crippen LogP) is 3.04. The number of nitrogens with zero attached hydrogens (tertiary/aromatic N) is 1. The van der Waals surface area contributed by atoms with Gasteiger partial charge in [0.2, 0.25) is 6.79 Å². The molecular weight excluding hydrogens is 278 g/mol. The number of rotatable bonds is 1. The van der Waals surface area contributed by atoms with E-state index in [0.717, 1.165) is 24.5 Å². The average molecular weight is 295 g/mol. The normalized spacial score (nSPS) is 25.8. The number of hydrogen-bond donors (Lipinski definition) is 0. The maximum atomic E-state index is 6.12. The van der Waals surface area contributed by atoms with Gasteiger partial charge >= 0.3 is 0 Å². The molecule has 0 bridgehead atoms. The van der Waals surface area contributed by atoms with Crippen LogP contribution in [0.15, 0.2) is 42.5 Å². The van der Waals surface area contributed by atoms with E-state index in [9.17, 15) is 0 Å². The summed E-state index contributed by atoms with van der Waals surface area (Å²) in [5.74, 6) is 1.74. The van der Waals surface area contributed by atoms with Gasteiger partial charge in [-0.3, -0.25) is 4.90 Å². The van der Waals surface area contributed by atoms with Gasteiger partial charge in [0, 0.05) is 6.54 Å². The summed E-state index contributed by atoms with van der Waals surface area (Å²) in [5.41, 5.74) is 3.92. The van der Waals surface area contributed by atoms with Crippen LogP contribution in [0.2, 0.25) is 0 Å². The lowest BCUT2D eigenvalue weighted by Crippen LogP contribution is -2.32. The van der Waals surface area contributed by atoms with Crippen LogP contribution < -0.4 is 9.47 Å². The van der Waals surface area contributed by atoms with Crippen LogP contribution in [0.5, 0.6) is 11.5 Å². The molecular formula is C18H17NO3. The molecule has 0 N–H and O–H groups in total. The average Bonchev–Trinajstić information content (AvgIpc) is 3.19. The second kappa shape index (κ2) is 4.73. The van der Waals surface area contributed by atoms with Crippen molar-refractivity contribution in [2.24, 2.45) is 0 Å². The maximum Gasteiger partial charge on any atom is 0.231 e. The molecule has 0 spiro atoms. The first-order valence-corrected chi connectivity index (χ1v) is 7.73. The fourth-order valence-corrected chi connectivity index (χ4v) is 3.78. The maximum absolute atomic E-state index is 6.12. The van der Waals surface area contributed by atoms with Crippen molar-refractivity contribution in [3.8, 4) is 11.5 Å². The molecule has 3 aliphatic rings. The van der Waals surface area contributed by atoms with Crippen LogP contribution in [0.3, 0.4) is 0 Å². The molecule has 1 saturated heterocycles. The summed E-state index contributed by atoms with van der Waals surface area (Å²) >= 11 is 0. The van der Waals surface area contributed by atoms with Gasteiger partial charge in [-0.15, -0.1) is 0 Å². The topological polar surface area (TPSA) is 30.9 Å². The Labute approximate surface area is 129 Å². The minimum atomic E-state index is 0.0839. The van der Waals surface area contributed by atoms with Crippen molar-refractivity contribution in [2.75, 3.05) is 20.1 Å². The highest BCUT2D eigenvalue weighted by Gasteiger charge is 2.41. The molecule has 3 aliphatic heterocycles. The lowest BCUT2D eigenvalue weighted by molar-refractivity contribution is 0.0894. The molecule has 2 atom stereocenters. The number of hydrogen-bond acceptors (Lipinski definition) is 4. The Balaban J connectivity index is 1.61. The lowest BCUT2D eigenvalue weighted by atomic mass is 9.87. The standard InChI is InChI=1S/C18H17NO3/c1-2-4-12(5-3-1)18-17-14-9-16-15(21-11-22-16)8-13(14)6-7-19(17)10-20-18/h1-5,8-9,17-18H,6-7,10-11H2. The summed E-state index contributed by atoms with van der Waals surface area (Å²) in [6.07, 6.45) is 1.12. The first kappa shape index (κ1) is 12.5. The van der Waals surface area contributed by atoms with Crippen molar-refractivity contribution in [1.82, 2.24) is 4.90 Å². The van der Waals surface area contributed by atoms with Crippen LogP contribution in [0.1, 0.15) is 28.8 Å². The van der Waals surface area contributed by atoms with Gasteiger partial charge in [-0.1, -0.05) is 30.3 Å². The van der Waals surface area contributed by atoms with Crippen LogP contribution in [0.25, 0.3) is 0 Å². The molecule has 2 aromatic rings. The van der Waals surface area contributed by atoms with Crippen molar-refractivity contribution in [1.29, 1.82) is 0 Å². The van der Waals surface area contributed by atoms with E-state index in [-0.39, 0.29) is 12.1 Å². The Bertz CT molecular complexity index is 716. The molecule has 3 heterocycles. The first-order chi connectivity index (χ1) is 10.9. The summed E-state index contributed by atoms with van der Waals surface area (Å²) in [5, 5.41) is 0. The van der Waals surface area contributed by atoms with E-state index in [0.29, 0.717) is 13.5 Å². The largest absolute Gasteiger partial charge is 0.454 e. The molecule has 112 valence electrons. The molecule has 2 aromatic carbocycles. The Morgan fingerprint density at radius 2 is 1.82 bits per heavy atom. The number of fused-ring (bicyclic) bond motifs is 4. The summed E-state index contributed by atoms with van der Waals surface area (Å²) < 4.78 is 17.2. The third-order valence-corrected chi connectivity index (χ3v) is 4.85. The Kier molecular flexibility index (Phi) is 2.69. The van der Waals surface area contributed by atoms with Crippen LogP contribution in [0.4, 0.5) is 0 Å². The molecule has 5 rings (SSSR count). The van der Waals surface area contributed by atoms with Gasteiger partial charge in [0.25, 0.3) is 0 Å². The highest BCUT2D eigenvalue weighted by Crippen LogP contribution is 2.48. The molecule has 4 nitrogen and oxygen atoms in total. The van der Waals surface area contributed by atoms with Gasteiger partial charge in [0.15, 0.2) is 11.5 Å². The molecule has 0 radical (unpaired) electrons. The Hall–Kier alpha value is -2.04. The van der Waals surface area contributed by atoms with Crippen LogP contribution in [-0.4, -0.2) is 25.0 Å². The predicted molar refractivity (Wildman–Crippen MR) is 80.9 cm³/mol. The first-order valence-electron chi connectivity index (χ1n) is 7.73. The van der Waals surface area contributed by atoms with E-state index in [1.165, 1.54) is 16.7 Å². The van der Waals surface area contributed by atoms with Crippen LogP contribution in [0, 0.1) is 0 Å². The van der Waals surface area contributed by atoms with Gasteiger partial charge in [-0.05, 0) is 35.2 Å². The Morgan fingerprint density at radius 3 is 2.68 bits per heavy atom. The summed E-state index contributed by atoms with van der Waals surface area (Å²) in [6, 6.07) is 15.1. The zero-order valence-electron chi connectivity index (χ0n) is 12.2. The summed E-state index contributed by atoms with van der Waals surface area (Å²) in [4.78, 5) is 2.42. The molecule has 0 amide bonds. The highest BCUT2D eigenvalue weighted by molar-refractivity contribution is 5.51. The van der Waals surface area contributed by atoms with Gasteiger partial charge in [-0.25, -0.2) is 0 Å². The van der Waals surface area contributed by atoms with Gasteiger partial charge < -0.3 is 14.2 Å². The van der Waals surface area contributed by atoms with Crippen molar-refractivity contribution < 1.29 is 14.2 Å². The molecule has 22 heavy (non-hydrogen) atoms. The third-order valence-electron chi connectivity index (χ3n) is 4.85. The Morgan fingerprint density at radius 1 is 1.00 bits per heavy atom. The molecule has 2 unspecified atom stereocenters. The zero-order valence-corrected chi connectivity index (χ0v) is 12.2. The fourth-order valence-electron chi connectivity index (χ4n) is 3.78. The van der Waals surface area contributed by atoms with E-state index >= 15 is 0 Å². The smallest absolute Gasteiger partial charge is 0.231 e. The molecule has 0 aliphatic carbocycles. The van der Waals surface area contributed by atoms with Crippen LogP contribution >= 0.6 is 0 Å². The lowest BCUT2D eigenvalue weighted by Gasteiger charge is -2.32. The van der Waals surface area contributed by atoms with E-state index in [4.69, 9.17) is 14.2 Å². The number of benzene rings is 2.